The molecule has 1 atom stereocenters. The molecular weight excluding hydrogens is 1200 g/mol. The fourth-order valence-electron chi connectivity index (χ4n) is 8.58. The summed E-state index contributed by atoms with van der Waals surface area (Å²) in [6.07, 6.45) is 3.57. The molecule has 2 aromatic carbocycles. The number of hydrogen-bond acceptors (Lipinski definition) is 22. The summed E-state index contributed by atoms with van der Waals surface area (Å²) in [5.74, 6) is -0.634. The Morgan fingerprint density at radius 2 is 0.966 bits per heavy atom. The van der Waals surface area contributed by atoms with Gasteiger partial charge in [-0.2, -0.15) is 0 Å². The summed E-state index contributed by atoms with van der Waals surface area (Å²) >= 11 is 4.86. The summed E-state index contributed by atoms with van der Waals surface area (Å²) in [5.41, 5.74) is 4.69. The predicted molar refractivity (Wildman–Crippen MR) is 337 cm³/mol. The van der Waals surface area contributed by atoms with Gasteiger partial charge in [0.05, 0.1) is 183 Å². The summed E-state index contributed by atoms with van der Waals surface area (Å²) < 4.78 is 73.5. The van der Waals surface area contributed by atoms with Crippen molar-refractivity contribution in [2.75, 3.05) is 183 Å². The standard InChI is InChI=1S/C61H101N8O18PS/c1-50(2)62-22-29-77-35-41-83-42-36-79-31-24-65-58(72)20-28-76-34-40-81-45-47-84-43-37-78-30-23-64-56(70)17-18-59(73)68-49-52-13-7-8-14-53(52)60-61(54-15-9-10-16-55(54)68)69(67-66-60)25-32-80-38-44-85-48-46-82-39-33-75-27-19-57(71)63-21-11-5-6-12-26-86-88(74,89)87-51(3)4/h7-10,13-16,50-51,62H,5-6,11-12,17-49H2,1-4H3,(H,63,71)(H,64,70)(H,65,72)(H,74,89)/p-1. The minimum atomic E-state index is -3.42. The van der Waals surface area contributed by atoms with E-state index in [1.165, 1.54) is 0 Å². The number of nitrogens with zero attached hydrogens (tertiary/aromatic N) is 4. The second-order valence-electron chi connectivity index (χ2n) is 20.9. The van der Waals surface area contributed by atoms with Gasteiger partial charge in [0.1, 0.15) is 12.4 Å². The lowest BCUT2D eigenvalue weighted by atomic mass is 9.95. The first kappa shape index (κ1) is 77.0. The Kier molecular flexibility index (Phi) is 42.5. The second-order valence-corrected chi connectivity index (χ2v) is 23.6. The van der Waals surface area contributed by atoms with Crippen molar-refractivity contribution in [3.05, 3.63) is 54.1 Å². The van der Waals surface area contributed by atoms with E-state index in [2.05, 4.69) is 45.4 Å². The fourth-order valence-corrected chi connectivity index (χ4v) is 10.2. The van der Waals surface area contributed by atoms with Gasteiger partial charge in [-0.25, -0.2) is 4.68 Å². The van der Waals surface area contributed by atoms with Crippen molar-refractivity contribution in [1.82, 2.24) is 36.3 Å². The van der Waals surface area contributed by atoms with E-state index in [9.17, 15) is 24.1 Å². The lowest BCUT2D eigenvalue weighted by Crippen LogP contribution is -2.34. The lowest BCUT2D eigenvalue weighted by molar-refractivity contribution is -0.209. The van der Waals surface area contributed by atoms with E-state index in [-0.39, 0.29) is 88.3 Å². The van der Waals surface area contributed by atoms with Crippen LogP contribution in [0.1, 0.15) is 84.6 Å². The molecule has 504 valence electrons. The number of benzene rings is 2. The van der Waals surface area contributed by atoms with Crippen molar-refractivity contribution in [2.24, 2.45) is 0 Å². The third-order valence-corrected chi connectivity index (χ3v) is 14.7. The third-order valence-electron chi connectivity index (χ3n) is 12.9. The largest absolute Gasteiger partial charge is 0.780 e. The molecule has 2 heterocycles. The molecule has 26 nitrogen and oxygen atoms in total. The number of fused-ring (bicyclic) bond motifs is 5. The number of carbonyl (C=O) groups is 4. The van der Waals surface area contributed by atoms with Crippen LogP contribution in [0.25, 0.3) is 22.5 Å². The lowest BCUT2D eigenvalue weighted by Gasteiger charge is -2.29. The third kappa shape index (κ3) is 36.4. The maximum absolute atomic E-state index is 14.1. The average Bonchev–Trinajstić information content (AvgIpc) is 1.73. The van der Waals surface area contributed by atoms with Gasteiger partial charge < -0.3 is 92.2 Å². The highest BCUT2D eigenvalue weighted by atomic mass is 32.5. The molecule has 1 unspecified atom stereocenters. The maximum atomic E-state index is 14.1. The molecule has 0 bridgehead atoms. The quantitative estimate of drug-likeness (QED) is 0.0456. The summed E-state index contributed by atoms with van der Waals surface area (Å²) in [6, 6.07) is 15.9. The molecule has 4 rings (SSSR count). The van der Waals surface area contributed by atoms with Crippen molar-refractivity contribution in [3.63, 3.8) is 0 Å². The van der Waals surface area contributed by atoms with Crippen molar-refractivity contribution in [3.8, 4) is 22.5 Å². The van der Waals surface area contributed by atoms with Gasteiger partial charge in [0.15, 0.2) is 0 Å². The molecule has 0 saturated carbocycles. The molecule has 3 aromatic rings. The minimum Gasteiger partial charge on any atom is -0.780 e. The normalized spacial score (nSPS) is 12.8. The number of carbonyl (C=O) groups excluding carboxylic acids is 4. The Balaban J connectivity index is 0.984. The van der Waals surface area contributed by atoms with E-state index in [0.29, 0.717) is 176 Å². The highest BCUT2D eigenvalue weighted by Crippen LogP contribution is 2.42. The van der Waals surface area contributed by atoms with Crippen molar-refractivity contribution >= 4 is 47.8 Å². The van der Waals surface area contributed by atoms with E-state index in [4.69, 9.17) is 73.0 Å². The summed E-state index contributed by atoms with van der Waals surface area (Å²) in [5, 5.41) is 21.0. The zero-order valence-corrected chi connectivity index (χ0v) is 54.6. The average molecular weight is 1300 g/mol. The molecule has 89 heavy (non-hydrogen) atoms. The number of para-hydroxylation sites is 1. The van der Waals surface area contributed by atoms with Crippen LogP contribution in [0, 0.1) is 0 Å². The Bertz CT molecular complexity index is 2430. The molecular formula is C61H100N8O18PS-. The Morgan fingerprint density at radius 1 is 0.517 bits per heavy atom. The first-order valence-corrected chi connectivity index (χ1v) is 33.8. The molecule has 0 aliphatic carbocycles. The number of rotatable bonds is 56. The molecule has 1 aliphatic heterocycles. The van der Waals surface area contributed by atoms with Crippen LogP contribution in [0.3, 0.4) is 0 Å². The second kappa shape index (κ2) is 49.2. The van der Waals surface area contributed by atoms with Crippen LogP contribution >= 0.6 is 6.72 Å². The summed E-state index contributed by atoms with van der Waals surface area (Å²) in [4.78, 5) is 64.8. The molecule has 1 aliphatic rings. The first-order valence-electron chi connectivity index (χ1n) is 31.3. The van der Waals surface area contributed by atoms with E-state index in [0.717, 1.165) is 48.2 Å². The van der Waals surface area contributed by atoms with Crippen LogP contribution in [0.4, 0.5) is 5.69 Å². The summed E-state index contributed by atoms with van der Waals surface area (Å²) in [7, 11) is 0. The number of anilines is 1. The fraction of sp³-hybridized carbons (Fsp3) is 0.705. The highest BCUT2D eigenvalue weighted by molar-refractivity contribution is 8.06. The topological polar surface area (TPSA) is 293 Å². The first-order chi connectivity index (χ1) is 43.3. The van der Waals surface area contributed by atoms with Gasteiger partial charge in [-0.15, -0.1) is 5.10 Å². The zero-order chi connectivity index (χ0) is 63.8. The van der Waals surface area contributed by atoms with Crippen LogP contribution in [-0.4, -0.2) is 229 Å². The Morgan fingerprint density at radius 3 is 1.51 bits per heavy atom. The van der Waals surface area contributed by atoms with Crippen molar-refractivity contribution in [2.45, 2.75) is 104 Å². The van der Waals surface area contributed by atoms with Gasteiger partial charge in [0.25, 0.3) is 0 Å². The van der Waals surface area contributed by atoms with Gasteiger partial charge >= 0.3 is 0 Å². The minimum absolute atomic E-state index is 0.00387. The number of aromatic nitrogens is 3. The van der Waals surface area contributed by atoms with Gasteiger partial charge in [0, 0.05) is 69.0 Å². The summed E-state index contributed by atoms with van der Waals surface area (Å²) in [6.45, 7) is 16.0. The van der Waals surface area contributed by atoms with Gasteiger partial charge in [-0.05, 0) is 38.3 Å². The van der Waals surface area contributed by atoms with Crippen LogP contribution in [-0.2, 0) is 105 Å². The van der Waals surface area contributed by atoms with Crippen LogP contribution in [0.5, 0.6) is 0 Å². The molecule has 0 saturated heterocycles. The molecule has 0 radical (unpaired) electrons. The molecule has 0 fully saturated rings. The monoisotopic (exact) mass is 1300 g/mol. The Hall–Kier alpha value is -4.49. The highest BCUT2D eigenvalue weighted by Gasteiger charge is 2.29. The van der Waals surface area contributed by atoms with E-state index < -0.39 is 6.72 Å². The predicted octanol–water partition coefficient (Wildman–Crippen LogP) is 4.14. The van der Waals surface area contributed by atoms with Crippen molar-refractivity contribution in [1.29, 1.82) is 0 Å². The van der Waals surface area contributed by atoms with Crippen LogP contribution < -0.4 is 31.1 Å². The molecule has 4 amide bonds. The van der Waals surface area contributed by atoms with Crippen LogP contribution in [0.2, 0.25) is 0 Å². The molecule has 0 spiro atoms. The number of ether oxygens (including phenoxy) is 11. The number of amides is 4. The van der Waals surface area contributed by atoms with Gasteiger partial charge in [0.2, 0.25) is 23.6 Å². The smallest absolute Gasteiger partial charge is 0.227 e. The SMILES string of the molecule is CC(C)NCCOCCOCCOCCNC(=O)CCOCCOCCOCCOCCNC(=O)CCC(=O)N1Cc2ccccc2-c2nnn(CCOCCOCCOCCOCCC(=O)NCCCCCCOP([O-])(=S)OC(C)C)c2-c2ccccc21. The molecule has 28 heteroatoms. The molecule has 4 N–H and O–H groups in total. The molecule has 1 aromatic heterocycles. The zero-order valence-electron chi connectivity index (χ0n) is 52.9. The maximum Gasteiger partial charge on any atom is 0.227 e. The number of nitrogens with one attached hydrogen (secondary N) is 4. The number of hydrogen-bond donors (Lipinski definition) is 4. The van der Waals surface area contributed by atoms with E-state index in [1.807, 2.05) is 48.5 Å². The number of unbranched alkanes of at least 4 members (excludes halogenated alkanes) is 3. The van der Waals surface area contributed by atoms with Gasteiger partial charge in [-0.1, -0.05) is 86.2 Å². The van der Waals surface area contributed by atoms with Gasteiger partial charge in [-0.3, -0.25) is 19.2 Å². The van der Waals surface area contributed by atoms with E-state index >= 15 is 0 Å². The van der Waals surface area contributed by atoms with Crippen molar-refractivity contribution < 1.29 is 85.2 Å². The van der Waals surface area contributed by atoms with Crippen LogP contribution in [0.15, 0.2) is 48.5 Å². The van der Waals surface area contributed by atoms with E-state index in [1.54, 1.807) is 23.4 Å². The Labute approximate surface area is 531 Å².